The minimum absolute atomic E-state index is 0.0558. The molecular weight excluding hydrogens is 254 g/mol. The van der Waals surface area contributed by atoms with Gasteiger partial charge in [-0.05, 0) is 19.1 Å². The lowest BCUT2D eigenvalue weighted by Gasteiger charge is -2.23. The summed E-state index contributed by atoms with van der Waals surface area (Å²) in [5.41, 5.74) is 0.687. The summed E-state index contributed by atoms with van der Waals surface area (Å²) in [6.07, 6.45) is -0.143. The number of benzene rings is 1. The topological polar surface area (TPSA) is 18.5 Å². The summed E-state index contributed by atoms with van der Waals surface area (Å²) >= 11 is 11.4. The fraction of sp³-hybridized carbons (Fsp3) is 0.455. The Kier molecular flexibility index (Phi) is 3.40. The summed E-state index contributed by atoms with van der Waals surface area (Å²) in [4.78, 5) is 0. The van der Waals surface area contributed by atoms with Crippen LogP contribution in [0, 0.1) is 5.82 Å². The van der Waals surface area contributed by atoms with Gasteiger partial charge < -0.3 is 9.47 Å². The van der Waals surface area contributed by atoms with E-state index in [1.807, 2.05) is 0 Å². The molecule has 1 aromatic rings. The molecule has 2 nitrogen and oxygen atoms in total. The van der Waals surface area contributed by atoms with Gasteiger partial charge in [0.1, 0.15) is 5.82 Å². The number of hydrogen-bond acceptors (Lipinski definition) is 2. The first-order valence-corrected chi connectivity index (χ1v) is 5.79. The third-order valence-electron chi connectivity index (χ3n) is 2.55. The highest BCUT2D eigenvalue weighted by Gasteiger charge is 2.38. The molecular formula is C11H11Cl2FO2. The average Bonchev–Trinajstić information content (AvgIpc) is 2.66. The van der Waals surface area contributed by atoms with Crippen LogP contribution in [0.15, 0.2) is 18.2 Å². The Bertz CT molecular complexity index is 400. The summed E-state index contributed by atoms with van der Waals surface area (Å²) in [6.45, 7) is 2.19. The van der Waals surface area contributed by atoms with Crippen molar-refractivity contribution in [1.29, 1.82) is 0 Å². The van der Waals surface area contributed by atoms with Crippen molar-refractivity contribution in [3.05, 3.63) is 34.6 Å². The molecule has 2 rings (SSSR count). The van der Waals surface area contributed by atoms with Crippen molar-refractivity contribution in [3.8, 4) is 0 Å². The van der Waals surface area contributed by atoms with Crippen LogP contribution in [0.1, 0.15) is 12.5 Å². The van der Waals surface area contributed by atoms with Crippen molar-refractivity contribution in [1.82, 2.24) is 0 Å². The van der Waals surface area contributed by atoms with Gasteiger partial charge in [-0.25, -0.2) is 4.39 Å². The molecule has 16 heavy (non-hydrogen) atoms. The second-order valence-electron chi connectivity index (χ2n) is 3.78. The third-order valence-corrected chi connectivity index (χ3v) is 3.19. The Morgan fingerprint density at radius 3 is 2.88 bits per heavy atom. The van der Waals surface area contributed by atoms with Gasteiger partial charge in [-0.2, -0.15) is 0 Å². The summed E-state index contributed by atoms with van der Waals surface area (Å²) in [5.74, 6) is -0.984. The molecule has 1 aliphatic rings. The molecule has 0 aromatic heterocycles. The summed E-state index contributed by atoms with van der Waals surface area (Å²) in [5, 5.41) is 0.0558. The molecule has 2 unspecified atom stereocenters. The Morgan fingerprint density at radius 2 is 2.31 bits per heavy atom. The van der Waals surface area contributed by atoms with Crippen molar-refractivity contribution in [2.45, 2.75) is 18.8 Å². The van der Waals surface area contributed by atoms with Gasteiger partial charge in [0.25, 0.3) is 0 Å². The SMILES string of the molecule is CC1(c2ccc(F)c(Cl)c2)OCC(CCl)O1. The van der Waals surface area contributed by atoms with Crippen LogP contribution in [0.4, 0.5) is 4.39 Å². The number of hydrogen-bond donors (Lipinski definition) is 0. The van der Waals surface area contributed by atoms with Crippen molar-refractivity contribution in [2.24, 2.45) is 0 Å². The molecule has 0 spiro atoms. The first-order valence-electron chi connectivity index (χ1n) is 4.88. The monoisotopic (exact) mass is 264 g/mol. The van der Waals surface area contributed by atoms with Gasteiger partial charge in [-0.3, -0.25) is 0 Å². The zero-order valence-electron chi connectivity index (χ0n) is 8.67. The number of halogens is 3. The fourth-order valence-corrected chi connectivity index (χ4v) is 1.98. The quantitative estimate of drug-likeness (QED) is 0.764. The van der Waals surface area contributed by atoms with Gasteiger partial charge in [0.15, 0.2) is 5.79 Å². The Hall–Kier alpha value is -0.350. The summed E-state index contributed by atoms with van der Waals surface area (Å²) < 4.78 is 24.2. The van der Waals surface area contributed by atoms with Crippen LogP contribution in [-0.4, -0.2) is 18.6 Å². The first-order chi connectivity index (χ1) is 7.55. The van der Waals surface area contributed by atoms with Gasteiger partial charge in [0.05, 0.1) is 23.6 Å². The van der Waals surface area contributed by atoms with Crippen LogP contribution in [-0.2, 0) is 15.3 Å². The normalized spacial score (nSPS) is 29.6. The molecule has 2 atom stereocenters. The van der Waals surface area contributed by atoms with E-state index in [1.165, 1.54) is 12.1 Å². The molecule has 0 radical (unpaired) electrons. The molecule has 1 aliphatic heterocycles. The molecule has 1 saturated heterocycles. The highest BCUT2D eigenvalue weighted by molar-refractivity contribution is 6.30. The van der Waals surface area contributed by atoms with Gasteiger partial charge in [-0.1, -0.05) is 17.7 Å². The van der Waals surface area contributed by atoms with E-state index < -0.39 is 11.6 Å². The van der Waals surface area contributed by atoms with Crippen LogP contribution in [0.3, 0.4) is 0 Å². The predicted molar refractivity (Wildman–Crippen MR) is 60.3 cm³/mol. The van der Waals surface area contributed by atoms with Crippen molar-refractivity contribution < 1.29 is 13.9 Å². The average molecular weight is 265 g/mol. The second kappa shape index (κ2) is 4.49. The van der Waals surface area contributed by atoms with Crippen LogP contribution in [0.25, 0.3) is 0 Å². The van der Waals surface area contributed by atoms with Crippen molar-refractivity contribution in [3.63, 3.8) is 0 Å². The molecule has 0 amide bonds. The molecule has 88 valence electrons. The molecule has 1 fully saturated rings. The van der Waals surface area contributed by atoms with Crippen LogP contribution < -0.4 is 0 Å². The molecule has 0 N–H and O–H groups in total. The fourth-order valence-electron chi connectivity index (χ4n) is 1.64. The van der Waals surface area contributed by atoms with E-state index in [0.717, 1.165) is 0 Å². The third kappa shape index (κ3) is 2.18. The Labute approximate surface area is 103 Å². The first kappa shape index (κ1) is 12.1. The van der Waals surface area contributed by atoms with Crippen molar-refractivity contribution in [2.75, 3.05) is 12.5 Å². The van der Waals surface area contributed by atoms with E-state index in [-0.39, 0.29) is 11.1 Å². The van der Waals surface area contributed by atoms with E-state index in [1.54, 1.807) is 13.0 Å². The second-order valence-corrected chi connectivity index (χ2v) is 4.50. The summed E-state index contributed by atoms with van der Waals surface area (Å²) in [6, 6.07) is 4.40. The smallest absolute Gasteiger partial charge is 0.192 e. The van der Waals surface area contributed by atoms with Crippen LogP contribution >= 0.6 is 23.2 Å². The maximum atomic E-state index is 13.0. The highest BCUT2D eigenvalue weighted by atomic mass is 35.5. The molecule has 0 bridgehead atoms. The molecule has 1 aromatic carbocycles. The van der Waals surface area contributed by atoms with E-state index in [2.05, 4.69) is 0 Å². The van der Waals surface area contributed by atoms with E-state index >= 15 is 0 Å². The molecule has 0 saturated carbocycles. The minimum Gasteiger partial charge on any atom is -0.343 e. The molecule has 0 aliphatic carbocycles. The van der Waals surface area contributed by atoms with Gasteiger partial charge >= 0.3 is 0 Å². The van der Waals surface area contributed by atoms with Crippen molar-refractivity contribution >= 4 is 23.2 Å². The lowest BCUT2D eigenvalue weighted by Crippen LogP contribution is -2.24. The van der Waals surface area contributed by atoms with E-state index in [4.69, 9.17) is 32.7 Å². The van der Waals surface area contributed by atoms with Crippen LogP contribution in [0.5, 0.6) is 0 Å². The van der Waals surface area contributed by atoms with Gasteiger partial charge in [-0.15, -0.1) is 11.6 Å². The van der Waals surface area contributed by atoms with E-state index in [9.17, 15) is 4.39 Å². The number of ether oxygens (including phenoxy) is 2. The predicted octanol–water partition coefficient (Wildman–Crippen LogP) is 3.31. The van der Waals surface area contributed by atoms with Gasteiger partial charge in [0, 0.05) is 5.56 Å². The maximum absolute atomic E-state index is 13.0. The highest BCUT2D eigenvalue weighted by Crippen LogP contribution is 2.35. The van der Waals surface area contributed by atoms with Gasteiger partial charge in [0.2, 0.25) is 0 Å². The number of rotatable bonds is 2. The lowest BCUT2D eigenvalue weighted by molar-refractivity contribution is -0.159. The largest absolute Gasteiger partial charge is 0.343 e. The van der Waals surface area contributed by atoms with E-state index in [0.29, 0.717) is 18.1 Å². The molecule has 5 heteroatoms. The molecule has 1 heterocycles. The zero-order valence-corrected chi connectivity index (χ0v) is 10.2. The standard InChI is InChI=1S/C11H11Cl2FO2/c1-11(15-6-8(5-12)16-11)7-2-3-10(14)9(13)4-7/h2-4,8H,5-6H2,1H3. The minimum atomic E-state index is -0.892. The zero-order chi connectivity index (χ0) is 11.8. The summed E-state index contributed by atoms with van der Waals surface area (Å²) in [7, 11) is 0. The Morgan fingerprint density at radius 1 is 1.56 bits per heavy atom. The Balaban J connectivity index is 2.27. The number of alkyl halides is 1. The maximum Gasteiger partial charge on any atom is 0.192 e. The van der Waals surface area contributed by atoms with Crippen LogP contribution in [0.2, 0.25) is 5.02 Å². The lowest BCUT2D eigenvalue weighted by atomic mass is 10.1.